The van der Waals surface area contributed by atoms with Crippen LogP contribution in [0.2, 0.25) is 0 Å². The van der Waals surface area contributed by atoms with Crippen LogP contribution in [0.1, 0.15) is 12.8 Å². The lowest BCUT2D eigenvalue weighted by Crippen LogP contribution is -2.44. The highest BCUT2D eigenvalue weighted by Crippen LogP contribution is 2.27. The van der Waals surface area contributed by atoms with Crippen LogP contribution in [0.25, 0.3) is 0 Å². The highest BCUT2D eigenvalue weighted by molar-refractivity contribution is 5.88. The number of nitro benzene ring substituents is 1. The van der Waals surface area contributed by atoms with E-state index in [2.05, 4.69) is 25.5 Å². The summed E-state index contributed by atoms with van der Waals surface area (Å²) in [5, 5.41) is 16.1. The first-order chi connectivity index (χ1) is 13.4. The Balaban J connectivity index is 1.61. The summed E-state index contributed by atoms with van der Waals surface area (Å²) in [6, 6.07) is 4.02. The SMILES string of the molecule is CN1CCC(NC(=O)Nc2cc(Oc3ccc([N+](=O)[O-])cc3F)ncn2)CC1. The van der Waals surface area contributed by atoms with Gasteiger partial charge in [-0.1, -0.05) is 0 Å². The average Bonchev–Trinajstić information content (AvgIpc) is 2.65. The molecule has 1 fully saturated rings. The minimum absolute atomic E-state index is 0.0163. The number of rotatable bonds is 5. The van der Waals surface area contributed by atoms with Crippen molar-refractivity contribution in [2.45, 2.75) is 18.9 Å². The number of hydrogen-bond donors (Lipinski definition) is 2. The monoisotopic (exact) mass is 390 g/mol. The number of urea groups is 1. The van der Waals surface area contributed by atoms with Crippen LogP contribution in [0.5, 0.6) is 11.6 Å². The molecule has 3 rings (SSSR count). The van der Waals surface area contributed by atoms with Gasteiger partial charge in [0.05, 0.1) is 11.0 Å². The van der Waals surface area contributed by atoms with E-state index in [1.54, 1.807) is 0 Å². The molecule has 28 heavy (non-hydrogen) atoms. The van der Waals surface area contributed by atoms with E-state index in [1.165, 1.54) is 6.07 Å². The van der Waals surface area contributed by atoms with Crippen LogP contribution < -0.4 is 15.4 Å². The van der Waals surface area contributed by atoms with Crippen molar-refractivity contribution in [1.29, 1.82) is 0 Å². The predicted octanol–water partition coefficient (Wildman–Crippen LogP) is 2.53. The van der Waals surface area contributed by atoms with Crippen molar-refractivity contribution >= 4 is 17.5 Å². The molecule has 11 heteroatoms. The molecule has 2 heterocycles. The van der Waals surface area contributed by atoms with Gasteiger partial charge in [-0.25, -0.2) is 19.2 Å². The molecule has 1 aromatic heterocycles. The zero-order valence-corrected chi connectivity index (χ0v) is 15.1. The number of non-ortho nitro benzene ring substituents is 1. The number of halogens is 1. The lowest BCUT2D eigenvalue weighted by Gasteiger charge is -2.29. The third-order valence-corrected chi connectivity index (χ3v) is 4.28. The first-order valence-corrected chi connectivity index (χ1v) is 8.60. The summed E-state index contributed by atoms with van der Waals surface area (Å²) in [5.41, 5.74) is -0.388. The summed E-state index contributed by atoms with van der Waals surface area (Å²) in [6.45, 7) is 1.83. The Labute approximate surface area is 159 Å². The van der Waals surface area contributed by atoms with E-state index < -0.39 is 16.8 Å². The molecule has 148 valence electrons. The van der Waals surface area contributed by atoms with Gasteiger partial charge in [0, 0.05) is 18.2 Å². The Morgan fingerprint density at radius 1 is 1.32 bits per heavy atom. The predicted molar refractivity (Wildman–Crippen MR) is 97.8 cm³/mol. The van der Waals surface area contributed by atoms with Gasteiger partial charge in [0.1, 0.15) is 12.1 Å². The molecule has 0 radical (unpaired) electrons. The zero-order valence-electron chi connectivity index (χ0n) is 15.1. The number of likely N-dealkylation sites (tertiary alicyclic amines) is 1. The normalized spacial score (nSPS) is 15.1. The lowest BCUT2D eigenvalue weighted by molar-refractivity contribution is -0.385. The van der Waals surface area contributed by atoms with E-state index in [1.807, 2.05) is 7.05 Å². The fraction of sp³-hybridized carbons (Fsp3) is 0.353. The number of carbonyl (C=O) groups is 1. The van der Waals surface area contributed by atoms with Crippen LogP contribution in [-0.2, 0) is 0 Å². The Hall–Kier alpha value is -3.34. The maximum Gasteiger partial charge on any atom is 0.320 e. The number of nitro groups is 1. The number of nitrogens with zero attached hydrogens (tertiary/aromatic N) is 4. The largest absolute Gasteiger partial charge is 0.436 e. The second kappa shape index (κ2) is 8.57. The Kier molecular flexibility index (Phi) is 5.94. The van der Waals surface area contributed by atoms with Gasteiger partial charge in [-0.15, -0.1) is 0 Å². The summed E-state index contributed by atoms with van der Waals surface area (Å²) in [4.78, 5) is 32.1. The third kappa shape index (κ3) is 5.10. The van der Waals surface area contributed by atoms with E-state index in [9.17, 15) is 19.3 Å². The standard InChI is InChI=1S/C17H19FN6O4/c1-23-6-4-11(5-7-23)21-17(25)22-15-9-16(20-10-19-15)28-14-3-2-12(24(26)27)8-13(14)18/h2-3,8-11H,4-7H2,1H3,(H2,19,20,21,22,25). The molecule has 2 amide bonds. The summed E-state index contributed by atoms with van der Waals surface area (Å²) in [6.07, 6.45) is 2.88. The summed E-state index contributed by atoms with van der Waals surface area (Å²) >= 11 is 0. The van der Waals surface area contributed by atoms with E-state index >= 15 is 0 Å². The first kappa shape index (κ1) is 19.4. The third-order valence-electron chi connectivity index (χ3n) is 4.28. The van der Waals surface area contributed by atoms with Gasteiger partial charge in [0.25, 0.3) is 5.69 Å². The second-order valence-corrected chi connectivity index (χ2v) is 6.39. The van der Waals surface area contributed by atoms with Crippen molar-refractivity contribution in [3.8, 4) is 11.6 Å². The van der Waals surface area contributed by atoms with E-state index in [-0.39, 0.29) is 29.2 Å². The number of hydrogen-bond acceptors (Lipinski definition) is 7. The molecule has 0 saturated carbocycles. The quantitative estimate of drug-likeness (QED) is 0.594. The molecule has 1 aliphatic rings. The first-order valence-electron chi connectivity index (χ1n) is 8.60. The number of anilines is 1. The highest BCUT2D eigenvalue weighted by Gasteiger charge is 2.19. The van der Waals surface area contributed by atoms with Crippen molar-refractivity contribution in [3.05, 3.63) is 46.5 Å². The van der Waals surface area contributed by atoms with Crippen molar-refractivity contribution in [3.63, 3.8) is 0 Å². The fourth-order valence-corrected chi connectivity index (χ4v) is 2.75. The minimum atomic E-state index is -0.901. The van der Waals surface area contributed by atoms with Gasteiger partial charge in [-0.3, -0.25) is 15.4 Å². The van der Waals surface area contributed by atoms with Gasteiger partial charge < -0.3 is 15.0 Å². The van der Waals surface area contributed by atoms with Crippen LogP contribution >= 0.6 is 0 Å². The molecule has 1 aliphatic heterocycles. The molecular formula is C17H19FN6O4. The van der Waals surface area contributed by atoms with Gasteiger partial charge in [0.15, 0.2) is 11.6 Å². The van der Waals surface area contributed by atoms with Crippen LogP contribution in [0.15, 0.2) is 30.6 Å². The molecule has 0 bridgehead atoms. The number of nitrogens with one attached hydrogen (secondary N) is 2. The van der Waals surface area contributed by atoms with Crippen molar-refractivity contribution in [1.82, 2.24) is 20.2 Å². The molecule has 0 spiro atoms. The van der Waals surface area contributed by atoms with Crippen molar-refractivity contribution in [2.75, 3.05) is 25.5 Å². The minimum Gasteiger partial charge on any atom is -0.436 e. The van der Waals surface area contributed by atoms with E-state index in [0.717, 1.165) is 50.5 Å². The number of ether oxygens (including phenoxy) is 1. The molecule has 2 N–H and O–H groups in total. The molecule has 0 aliphatic carbocycles. The Bertz CT molecular complexity index is 872. The molecule has 0 atom stereocenters. The number of piperidine rings is 1. The summed E-state index contributed by atoms with van der Waals surface area (Å²) in [7, 11) is 2.03. The van der Waals surface area contributed by atoms with Crippen molar-refractivity contribution in [2.24, 2.45) is 0 Å². The molecule has 2 aromatic rings. The van der Waals surface area contributed by atoms with Gasteiger partial charge in [-0.05, 0) is 39.0 Å². The Morgan fingerprint density at radius 3 is 2.75 bits per heavy atom. The maximum absolute atomic E-state index is 13.9. The Morgan fingerprint density at radius 2 is 2.07 bits per heavy atom. The van der Waals surface area contributed by atoms with E-state index in [0.29, 0.717) is 0 Å². The van der Waals surface area contributed by atoms with Crippen LogP contribution in [0.3, 0.4) is 0 Å². The number of carbonyl (C=O) groups excluding carboxylic acids is 1. The van der Waals surface area contributed by atoms with Crippen LogP contribution in [0, 0.1) is 15.9 Å². The number of benzene rings is 1. The van der Waals surface area contributed by atoms with Crippen LogP contribution in [-0.4, -0.2) is 52.0 Å². The van der Waals surface area contributed by atoms with E-state index in [4.69, 9.17) is 4.74 Å². The van der Waals surface area contributed by atoms with Crippen molar-refractivity contribution < 1.29 is 18.8 Å². The van der Waals surface area contributed by atoms with Gasteiger partial charge in [0.2, 0.25) is 5.88 Å². The molecular weight excluding hydrogens is 371 g/mol. The second-order valence-electron chi connectivity index (χ2n) is 6.39. The smallest absolute Gasteiger partial charge is 0.320 e. The number of amides is 2. The molecule has 10 nitrogen and oxygen atoms in total. The number of aromatic nitrogens is 2. The molecule has 0 unspecified atom stereocenters. The average molecular weight is 390 g/mol. The topological polar surface area (TPSA) is 123 Å². The zero-order chi connectivity index (χ0) is 20.1. The van der Waals surface area contributed by atoms with Crippen LogP contribution in [0.4, 0.5) is 20.7 Å². The highest BCUT2D eigenvalue weighted by atomic mass is 19.1. The summed E-state index contributed by atoms with van der Waals surface area (Å²) < 4.78 is 19.2. The molecule has 1 saturated heterocycles. The van der Waals surface area contributed by atoms with Gasteiger partial charge >= 0.3 is 6.03 Å². The molecule has 1 aromatic carbocycles. The fourth-order valence-electron chi connectivity index (χ4n) is 2.75. The lowest BCUT2D eigenvalue weighted by atomic mass is 10.1. The van der Waals surface area contributed by atoms with Gasteiger partial charge in [-0.2, -0.15) is 0 Å². The maximum atomic E-state index is 13.9. The summed E-state index contributed by atoms with van der Waals surface area (Å²) in [5.74, 6) is -0.969.